The maximum Gasteiger partial charge on any atom is 0.250 e. The normalized spacial score (nSPS) is 17.2. The zero-order chi connectivity index (χ0) is 29.9. The molecule has 43 heavy (non-hydrogen) atoms. The van der Waals surface area contributed by atoms with Crippen molar-refractivity contribution in [3.63, 3.8) is 0 Å². The van der Waals surface area contributed by atoms with Crippen LogP contribution < -0.4 is 24.3 Å². The Hall–Kier alpha value is -4.28. The molecule has 5 aromatic carbocycles. The first-order valence-corrected chi connectivity index (χ1v) is 18.0. The van der Waals surface area contributed by atoms with Gasteiger partial charge in [0.15, 0.2) is 0 Å². The summed E-state index contributed by atoms with van der Waals surface area (Å²) in [5.74, 6) is 2.63. The molecule has 0 aromatic heterocycles. The van der Waals surface area contributed by atoms with Crippen LogP contribution in [0.25, 0.3) is 34.1 Å². The molecule has 0 heterocycles. The Bertz CT molecular complexity index is 2260. The number of fused-ring (bicyclic) bond motifs is 8. The lowest BCUT2D eigenvalue weighted by Gasteiger charge is -2.38. The Kier molecular flexibility index (Phi) is 5.29. The molecule has 8 rings (SSSR count). The first-order chi connectivity index (χ1) is 20.6. The predicted molar refractivity (Wildman–Crippen MR) is 178 cm³/mol. The minimum atomic E-state index is -2.18. The Balaban J connectivity index is 1.56. The molecule has 0 amide bonds. The van der Waals surface area contributed by atoms with E-state index in [1.165, 1.54) is 59.6 Å². The fourth-order valence-electron chi connectivity index (χ4n) is 7.29. The van der Waals surface area contributed by atoms with Gasteiger partial charge in [0.25, 0.3) is 8.32 Å². The number of hydrogen-bond acceptors (Lipinski definition) is 3. The molecule has 0 fully saturated rings. The molecule has 0 saturated carbocycles. The fraction of sp³-hybridized carbons (Fsp3) is 0.231. The van der Waals surface area contributed by atoms with E-state index in [1.54, 1.807) is 14.2 Å². The summed E-state index contributed by atoms with van der Waals surface area (Å²) in [6, 6.07) is 28.9. The summed E-state index contributed by atoms with van der Waals surface area (Å²) in [7, 11) is 1.30. The standard InChI is InChI=1S/C39H36O3Si/c1-38(2,3)43(6,7)42-34-21-33-37(28-16-14-26(40-4)19-30(28)34)29-17-15-27(41-5)20-32(29)39(33)22-25-12-8-10-23-18-24-11-9-13-31(39)36(24)35(23)25/h8-22H,1-7H3. The van der Waals surface area contributed by atoms with Gasteiger partial charge < -0.3 is 13.9 Å². The van der Waals surface area contributed by atoms with Gasteiger partial charge in [-0.2, -0.15) is 0 Å². The lowest BCUT2D eigenvalue weighted by Crippen LogP contribution is -2.44. The van der Waals surface area contributed by atoms with Gasteiger partial charge in [0.05, 0.1) is 19.6 Å². The number of ether oxygens (including phenoxy) is 2. The summed E-state index contributed by atoms with van der Waals surface area (Å²) >= 11 is 0. The molecule has 0 saturated heterocycles. The van der Waals surface area contributed by atoms with Crippen molar-refractivity contribution in [1.29, 1.82) is 0 Å². The van der Waals surface area contributed by atoms with E-state index in [1.807, 2.05) is 0 Å². The van der Waals surface area contributed by atoms with Crippen LogP contribution in [0.5, 0.6) is 17.2 Å². The van der Waals surface area contributed by atoms with Gasteiger partial charge in [0.1, 0.15) is 17.2 Å². The minimum absolute atomic E-state index is 0.0492. The van der Waals surface area contributed by atoms with Crippen LogP contribution in [0.2, 0.25) is 18.1 Å². The third kappa shape index (κ3) is 3.41. The van der Waals surface area contributed by atoms with Gasteiger partial charge in [-0.15, -0.1) is 0 Å². The second kappa shape index (κ2) is 8.64. The maximum atomic E-state index is 7.21. The summed E-state index contributed by atoms with van der Waals surface area (Å²) in [6.07, 6.45) is 4.85. The predicted octanol–water partition coefficient (Wildman–Crippen LogP) is 7.78. The van der Waals surface area contributed by atoms with Crippen molar-refractivity contribution in [2.75, 3.05) is 14.2 Å². The van der Waals surface area contributed by atoms with E-state index in [4.69, 9.17) is 13.9 Å². The van der Waals surface area contributed by atoms with Crippen LogP contribution in [0.3, 0.4) is 0 Å². The van der Waals surface area contributed by atoms with E-state index >= 15 is 0 Å². The highest BCUT2D eigenvalue weighted by Gasteiger charge is 2.47. The van der Waals surface area contributed by atoms with Crippen LogP contribution in [0, 0.1) is 10.4 Å². The zero-order valence-electron chi connectivity index (χ0n) is 25.9. The van der Waals surface area contributed by atoms with Crippen LogP contribution >= 0.6 is 0 Å². The summed E-state index contributed by atoms with van der Waals surface area (Å²) in [5, 5.41) is 7.57. The fourth-order valence-corrected chi connectivity index (χ4v) is 8.32. The molecular formula is C39H36O3Si. The third-order valence-corrected chi connectivity index (χ3v) is 14.7. The average Bonchev–Trinajstić information content (AvgIpc) is 3.50. The van der Waals surface area contributed by atoms with Crippen LogP contribution in [-0.2, 0) is 5.41 Å². The van der Waals surface area contributed by atoms with Crippen LogP contribution in [-0.4, -0.2) is 22.5 Å². The highest BCUT2D eigenvalue weighted by molar-refractivity contribution is 6.74. The lowest BCUT2D eigenvalue weighted by molar-refractivity contribution is 0.414. The number of hydrogen-bond donors (Lipinski definition) is 0. The summed E-state index contributed by atoms with van der Waals surface area (Å²) in [4.78, 5) is 0. The van der Waals surface area contributed by atoms with E-state index in [9.17, 15) is 0 Å². The van der Waals surface area contributed by atoms with E-state index in [0.29, 0.717) is 0 Å². The quantitative estimate of drug-likeness (QED) is 0.199. The van der Waals surface area contributed by atoms with Crippen molar-refractivity contribution in [2.45, 2.75) is 44.3 Å². The Morgan fingerprint density at radius 2 is 1.40 bits per heavy atom. The van der Waals surface area contributed by atoms with Crippen molar-refractivity contribution in [3.05, 3.63) is 122 Å². The summed E-state index contributed by atoms with van der Waals surface area (Å²) in [5.41, 5.74) is 7.11. The van der Waals surface area contributed by atoms with Crippen molar-refractivity contribution < 1.29 is 13.9 Å². The van der Waals surface area contributed by atoms with Crippen LogP contribution in [0.15, 0.2) is 78.9 Å². The van der Waals surface area contributed by atoms with E-state index in [2.05, 4.69) is 125 Å². The molecule has 1 atom stereocenters. The first-order valence-electron chi connectivity index (χ1n) is 15.1. The summed E-state index contributed by atoms with van der Waals surface area (Å²) < 4.78 is 18.8. The molecule has 3 aliphatic rings. The molecule has 5 aromatic rings. The van der Waals surface area contributed by atoms with Crippen LogP contribution in [0.4, 0.5) is 0 Å². The molecule has 0 bridgehead atoms. The largest absolute Gasteiger partial charge is 0.543 e. The molecule has 0 radical (unpaired) electrons. The van der Waals surface area contributed by atoms with Crippen molar-refractivity contribution in [1.82, 2.24) is 0 Å². The second-order valence-electron chi connectivity index (χ2n) is 13.7. The molecule has 1 unspecified atom stereocenters. The van der Waals surface area contributed by atoms with E-state index < -0.39 is 13.7 Å². The monoisotopic (exact) mass is 580 g/mol. The van der Waals surface area contributed by atoms with Crippen LogP contribution in [0.1, 0.15) is 43.0 Å². The van der Waals surface area contributed by atoms with Crippen molar-refractivity contribution in [3.8, 4) is 28.4 Å². The van der Waals surface area contributed by atoms with Gasteiger partial charge in [0.2, 0.25) is 0 Å². The number of benzene rings is 5. The molecule has 4 heteroatoms. The number of rotatable bonds is 4. The first kappa shape index (κ1) is 26.4. The molecule has 214 valence electrons. The molecule has 3 nitrogen and oxygen atoms in total. The van der Waals surface area contributed by atoms with Crippen molar-refractivity contribution >= 4 is 31.2 Å². The molecular weight excluding hydrogens is 545 g/mol. The van der Waals surface area contributed by atoms with Gasteiger partial charge in [0, 0.05) is 5.39 Å². The lowest BCUT2D eigenvalue weighted by atomic mass is 9.69. The Labute approximate surface area is 253 Å². The molecule has 0 aliphatic heterocycles. The minimum Gasteiger partial charge on any atom is -0.543 e. The van der Waals surface area contributed by atoms with E-state index in [0.717, 1.165) is 22.6 Å². The van der Waals surface area contributed by atoms with Gasteiger partial charge >= 0.3 is 0 Å². The second-order valence-corrected chi connectivity index (χ2v) is 18.4. The highest BCUT2D eigenvalue weighted by atomic mass is 28.4. The maximum absolute atomic E-state index is 7.21. The van der Waals surface area contributed by atoms with Gasteiger partial charge in [-0.1, -0.05) is 69.3 Å². The molecule has 3 aliphatic carbocycles. The highest BCUT2D eigenvalue weighted by Crippen LogP contribution is 2.59. The average molecular weight is 581 g/mol. The van der Waals surface area contributed by atoms with Crippen molar-refractivity contribution in [2.24, 2.45) is 0 Å². The Morgan fingerprint density at radius 1 is 0.674 bits per heavy atom. The topological polar surface area (TPSA) is 27.7 Å². The van der Waals surface area contributed by atoms with Gasteiger partial charge in [-0.3, -0.25) is 0 Å². The smallest absolute Gasteiger partial charge is 0.250 e. The summed E-state index contributed by atoms with van der Waals surface area (Å²) in [6.45, 7) is 11.5. The zero-order valence-corrected chi connectivity index (χ0v) is 26.9. The molecule has 1 spiro atoms. The SMILES string of the molecule is COc1ccc2c(c1)C1(C=c3cccc4c3=c3c1cccc3=C4)c1cc(O[Si](C)(C)C(C)(C)C)c3cc(OC)ccc3c1-2. The number of methoxy groups -OCH3 is 2. The third-order valence-electron chi connectivity index (χ3n) is 10.4. The molecule has 0 N–H and O–H groups in total. The van der Waals surface area contributed by atoms with Gasteiger partial charge in [-0.05, 0) is 120 Å². The Morgan fingerprint density at radius 3 is 2.16 bits per heavy atom. The van der Waals surface area contributed by atoms with E-state index in [-0.39, 0.29) is 5.04 Å². The van der Waals surface area contributed by atoms with Gasteiger partial charge in [-0.25, -0.2) is 0 Å².